The molecule has 1 saturated carbocycles. The highest BCUT2D eigenvalue weighted by atomic mass is 16.2. The molecule has 2 amide bonds. The van der Waals surface area contributed by atoms with Crippen LogP contribution in [-0.4, -0.2) is 24.9 Å². The van der Waals surface area contributed by atoms with E-state index in [1.165, 1.54) is 0 Å². The van der Waals surface area contributed by atoms with Crippen molar-refractivity contribution >= 4 is 23.2 Å². The molecule has 1 atom stereocenters. The lowest BCUT2D eigenvalue weighted by atomic mass is 9.92. The Morgan fingerprint density at radius 1 is 1.14 bits per heavy atom. The lowest BCUT2D eigenvalue weighted by molar-refractivity contribution is -0.118. The molecule has 3 N–H and O–H groups in total. The van der Waals surface area contributed by atoms with Crippen LogP contribution in [0.15, 0.2) is 24.3 Å². The van der Waals surface area contributed by atoms with Gasteiger partial charge in [0, 0.05) is 23.7 Å². The fourth-order valence-electron chi connectivity index (χ4n) is 3.31. The number of carbonyl (C=O) groups excluding carboxylic acids is 2. The van der Waals surface area contributed by atoms with E-state index in [9.17, 15) is 9.59 Å². The number of rotatable bonds is 4. The molecular weight excluding hydrogens is 278 g/mol. The Morgan fingerprint density at radius 3 is 2.32 bits per heavy atom. The van der Waals surface area contributed by atoms with Gasteiger partial charge in [-0.25, -0.2) is 0 Å². The molecule has 1 aromatic carbocycles. The van der Waals surface area contributed by atoms with Crippen LogP contribution in [0.3, 0.4) is 0 Å². The Balaban J connectivity index is 1.55. The van der Waals surface area contributed by atoms with Gasteiger partial charge in [-0.2, -0.15) is 0 Å². The van der Waals surface area contributed by atoms with Crippen molar-refractivity contribution in [3.8, 4) is 0 Å². The highest BCUT2D eigenvalue weighted by Crippen LogP contribution is 2.58. The van der Waals surface area contributed by atoms with Gasteiger partial charge in [0.15, 0.2) is 0 Å². The summed E-state index contributed by atoms with van der Waals surface area (Å²) in [5.74, 6) is 0.281. The summed E-state index contributed by atoms with van der Waals surface area (Å²) < 4.78 is 0. The molecule has 2 aliphatic rings. The van der Waals surface area contributed by atoms with Crippen LogP contribution < -0.4 is 16.0 Å². The maximum absolute atomic E-state index is 12.4. The molecule has 1 spiro atoms. The Morgan fingerprint density at radius 2 is 1.73 bits per heavy atom. The van der Waals surface area contributed by atoms with Gasteiger partial charge in [0.25, 0.3) is 0 Å². The number of nitrogens with one attached hydrogen (secondary N) is 3. The number of carbonyl (C=O) groups is 2. The second kappa shape index (κ2) is 6.08. The normalized spacial score (nSPS) is 22.1. The van der Waals surface area contributed by atoms with Crippen LogP contribution in [0.1, 0.15) is 32.6 Å². The van der Waals surface area contributed by atoms with Crippen molar-refractivity contribution < 1.29 is 9.59 Å². The molecule has 22 heavy (non-hydrogen) atoms. The van der Waals surface area contributed by atoms with Crippen molar-refractivity contribution in [1.29, 1.82) is 0 Å². The van der Waals surface area contributed by atoms with Crippen molar-refractivity contribution in [2.45, 2.75) is 32.6 Å². The molecule has 0 bridgehead atoms. The minimum Gasteiger partial charge on any atom is -0.326 e. The monoisotopic (exact) mass is 301 g/mol. The molecule has 2 fully saturated rings. The third kappa shape index (κ3) is 3.14. The molecule has 1 unspecified atom stereocenters. The molecule has 0 aromatic heterocycles. The lowest BCUT2D eigenvalue weighted by Gasteiger charge is -2.23. The quantitative estimate of drug-likeness (QED) is 0.799. The largest absolute Gasteiger partial charge is 0.326 e. The zero-order valence-corrected chi connectivity index (χ0v) is 12.9. The first-order valence-corrected chi connectivity index (χ1v) is 8.04. The fraction of sp³-hybridized carbons (Fsp3) is 0.529. The minimum absolute atomic E-state index is 0.0115. The molecule has 1 saturated heterocycles. The van der Waals surface area contributed by atoms with E-state index in [1.807, 2.05) is 31.2 Å². The predicted octanol–water partition coefficient (Wildman–Crippen LogP) is 2.36. The Kier molecular flexibility index (Phi) is 4.16. The average Bonchev–Trinajstić information content (AvgIpc) is 3.23. The van der Waals surface area contributed by atoms with Crippen LogP contribution in [0.4, 0.5) is 11.4 Å². The summed E-state index contributed by atoms with van der Waals surface area (Å²) >= 11 is 0. The third-order valence-electron chi connectivity index (χ3n) is 4.86. The molecule has 5 heteroatoms. The Bertz CT molecular complexity index is 562. The number of amides is 2. The second-order valence-electron chi connectivity index (χ2n) is 6.34. The van der Waals surface area contributed by atoms with E-state index in [0.29, 0.717) is 6.42 Å². The number of piperidine rings is 1. The number of anilines is 2. The first-order valence-electron chi connectivity index (χ1n) is 8.04. The molecule has 1 aromatic rings. The van der Waals surface area contributed by atoms with Gasteiger partial charge in [0.2, 0.25) is 11.8 Å². The standard InChI is InChI=1S/C17H23N3O2/c1-2-15(21)19-12-3-5-13(6-4-12)20-16(22)14-11-17(14)7-9-18-10-8-17/h3-6,14,18H,2,7-11H2,1H3,(H,19,21)(H,20,22). The molecule has 5 nitrogen and oxygen atoms in total. The van der Waals surface area contributed by atoms with Crippen molar-refractivity contribution in [2.75, 3.05) is 23.7 Å². The van der Waals surface area contributed by atoms with E-state index in [-0.39, 0.29) is 23.1 Å². The third-order valence-corrected chi connectivity index (χ3v) is 4.86. The highest BCUT2D eigenvalue weighted by molar-refractivity contribution is 5.95. The van der Waals surface area contributed by atoms with Gasteiger partial charge in [-0.3, -0.25) is 9.59 Å². The summed E-state index contributed by atoms with van der Waals surface area (Å²) in [7, 11) is 0. The first-order chi connectivity index (χ1) is 10.6. The predicted molar refractivity (Wildman–Crippen MR) is 86.6 cm³/mol. The Hall–Kier alpha value is -1.88. The maximum atomic E-state index is 12.4. The smallest absolute Gasteiger partial charge is 0.228 e. The van der Waals surface area contributed by atoms with Crippen LogP contribution in [0, 0.1) is 11.3 Å². The second-order valence-corrected chi connectivity index (χ2v) is 6.34. The maximum Gasteiger partial charge on any atom is 0.228 e. The SMILES string of the molecule is CCC(=O)Nc1ccc(NC(=O)C2CC23CCNCC3)cc1. The van der Waals surface area contributed by atoms with Crippen LogP contribution >= 0.6 is 0 Å². The lowest BCUT2D eigenvalue weighted by Crippen LogP contribution is -2.31. The van der Waals surface area contributed by atoms with Gasteiger partial charge >= 0.3 is 0 Å². The Labute approximate surface area is 130 Å². The van der Waals surface area contributed by atoms with Crippen molar-refractivity contribution in [3.63, 3.8) is 0 Å². The summed E-state index contributed by atoms with van der Waals surface area (Å²) in [6.45, 7) is 3.86. The summed E-state index contributed by atoms with van der Waals surface area (Å²) in [6, 6.07) is 7.30. The molecule has 118 valence electrons. The molecule has 0 radical (unpaired) electrons. The fourth-order valence-corrected chi connectivity index (χ4v) is 3.31. The van der Waals surface area contributed by atoms with Gasteiger partial charge in [-0.15, -0.1) is 0 Å². The average molecular weight is 301 g/mol. The van der Waals surface area contributed by atoms with Gasteiger partial charge in [0.05, 0.1) is 0 Å². The van der Waals surface area contributed by atoms with E-state index in [1.54, 1.807) is 0 Å². The highest BCUT2D eigenvalue weighted by Gasteiger charge is 2.57. The summed E-state index contributed by atoms with van der Waals surface area (Å²) in [4.78, 5) is 23.7. The van der Waals surface area contributed by atoms with Crippen LogP contribution in [-0.2, 0) is 9.59 Å². The molecule has 1 aliphatic carbocycles. The molecular formula is C17H23N3O2. The van der Waals surface area contributed by atoms with Crippen LogP contribution in [0.25, 0.3) is 0 Å². The minimum atomic E-state index is -0.0115. The van der Waals surface area contributed by atoms with E-state index in [2.05, 4.69) is 16.0 Å². The van der Waals surface area contributed by atoms with Crippen LogP contribution in [0.5, 0.6) is 0 Å². The van der Waals surface area contributed by atoms with E-state index < -0.39 is 0 Å². The zero-order valence-electron chi connectivity index (χ0n) is 12.9. The van der Waals surface area contributed by atoms with Gasteiger partial charge in [-0.1, -0.05) is 6.92 Å². The molecule has 1 aliphatic heterocycles. The van der Waals surface area contributed by atoms with Crippen LogP contribution in [0.2, 0.25) is 0 Å². The first kappa shape index (κ1) is 15.0. The summed E-state index contributed by atoms with van der Waals surface area (Å²) in [6.07, 6.45) is 3.68. The number of hydrogen-bond acceptors (Lipinski definition) is 3. The molecule has 1 heterocycles. The van der Waals surface area contributed by atoms with Gasteiger partial charge in [0.1, 0.15) is 0 Å². The molecule has 3 rings (SSSR count). The topological polar surface area (TPSA) is 70.2 Å². The van der Waals surface area contributed by atoms with Gasteiger partial charge in [-0.05, 0) is 62.0 Å². The van der Waals surface area contributed by atoms with Crippen molar-refractivity contribution in [1.82, 2.24) is 5.32 Å². The van der Waals surface area contributed by atoms with E-state index in [0.717, 1.165) is 43.7 Å². The van der Waals surface area contributed by atoms with Crippen molar-refractivity contribution in [2.24, 2.45) is 11.3 Å². The van der Waals surface area contributed by atoms with Gasteiger partial charge < -0.3 is 16.0 Å². The van der Waals surface area contributed by atoms with E-state index >= 15 is 0 Å². The van der Waals surface area contributed by atoms with Crippen molar-refractivity contribution in [3.05, 3.63) is 24.3 Å². The summed E-state index contributed by atoms with van der Waals surface area (Å²) in [5, 5.41) is 9.14. The number of hydrogen-bond donors (Lipinski definition) is 3. The van der Waals surface area contributed by atoms with E-state index in [4.69, 9.17) is 0 Å². The zero-order chi connectivity index (χ0) is 15.6. The summed E-state index contributed by atoms with van der Waals surface area (Å²) in [5.41, 5.74) is 1.80. The number of benzene rings is 1.